The lowest BCUT2D eigenvalue weighted by atomic mass is 10.2. The predicted molar refractivity (Wildman–Crippen MR) is 123 cm³/mol. The second kappa shape index (κ2) is 11.9. The number of H-pyrrole nitrogens is 1. The van der Waals surface area contributed by atoms with Gasteiger partial charge in [-0.15, -0.1) is 17.9 Å². The van der Waals surface area contributed by atoms with Gasteiger partial charge in [0.05, 0.1) is 31.2 Å². The van der Waals surface area contributed by atoms with Crippen LogP contribution in [0.1, 0.15) is 34.9 Å². The lowest BCUT2D eigenvalue weighted by Crippen LogP contribution is -2.37. The van der Waals surface area contributed by atoms with E-state index in [1.165, 1.54) is 6.08 Å². The van der Waals surface area contributed by atoms with Crippen LogP contribution >= 0.6 is 11.3 Å². The van der Waals surface area contributed by atoms with Crippen molar-refractivity contribution < 1.29 is 19.4 Å². The van der Waals surface area contributed by atoms with E-state index in [-0.39, 0.29) is 18.8 Å². The van der Waals surface area contributed by atoms with Crippen molar-refractivity contribution in [2.45, 2.75) is 33.4 Å². The van der Waals surface area contributed by atoms with Crippen LogP contribution in [0.5, 0.6) is 0 Å². The number of rotatable bonds is 13. The molecular formula is C22H31N3O5S. The van der Waals surface area contributed by atoms with E-state index >= 15 is 0 Å². The van der Waals surface area contributed by atoms with Crippen LogP contribution in [-0.2, 0) is 16.0 Å². The number of carbonyl (C=O) groups is 1. The van der Waals surface area contributed by atoms with Crippen LogP contribution in [0.4, 0.5) is 0 Å². The Kier molecular flexibility index (Phi) is 9.57. The summed E-state index contributed by atoms with van der Waals surface area (Å²) in [7, 11) is 0. The molecule has 0 aromatic carbocycles. The standard InChI is InChI=1S/C22H31N3O5S/c1-6-8-29-13-16(26)11-25(10-14(3)4)12-17-23-20(27)18-15(5)19(31-21(18)24-17)22(28)30-9-7-2/h6-7,14,16,26H,1-2,8-13H2,3-5H3,(H,23,24,27). The van der Waals surface area contributed by atoms with Gasteiger partial charge in [-0.2, -0.15) is 0 Å². The molecule has 2 heterocycles. The van der Waals surface area contributed by atoms with Crippen molar-refractivity contribution in [1.82, 2.24) is 14.9 Å². The van der Waals surface area contributed by atoms with Crippen LogP contribution in [-0.4, -0.2) is 65.0 Å². The van der Waals surface area contributed by atoms with E-state index in [4.69, 9.17) is 9.47 Å². The van der Waals surface area contributed by atoms with E-state index in [9.17, 15) is 14.7 Å². The van der Waals surface area contributed by atoms with Crippen molar-refractivity contribution >= 4 is 27.5 Å². The smallest absolute Gasteiger partial charge is 0.348 e. The number of aliphatic hydroxyl groups excluding tert-OH is 1. The van der Waals surface area contributed by atoms with E-state index in [1.807, 2.05) is 4.90 Å². The molecule has 0 spiro atoms. The van der Waals surface area contributed by atoms with Gasteiger partial charge in [0.2, 0.25) is 0 Å². The molecule has 1 unspecified atom stereocenters. The van der Waals surface area contributed by atoms with Crippen molar-refractivity contribution in [1.29, 1.82) is 0 Å². The van der Waals surface area contributed by atoms with Crippen molar-refractivity contribution in [2.75, 3.05) is 32.9 Å². The average molecular weight is 450 g/mol. The number of nitrogens with one attached hydrogen (secondary N) is 1. The molecule has 0 saturated heterocycles. The minimum absolute atomic E-state index is 0.102. The number of aliphatic hydroxyl groups is 1. The molecular weight excluding hydrogens is 418 g/mol. The summed E-state index contributed by atoms with van der Waals surface area (Å²) in [4.78, 5) is 35.3. The third-order valence-electron chi connectivity index (χ3n) is 4.38. The first-order chi connectivity index (χ1) is 14.8. The molecule has 31 heavy (non-hydrogen) atoms. The first kappa shape index (κ1) is 24.9. The van der Waals surface area contributed by atoms with Crippen LogP contribution < -0.4 is 5.56 Å². The Labute approximate surface area is 186 Å². The Morgan fingerprint density at radius 2 is 2.00 bits per heavy atom. The van der Waals surface area contributed by atoms with E-state index in [0.29, 0.717) is 58.6 Å². The van der Waals surface area contributed by atoms with Crippen molar-refractivity contribution in [3.05, 3.63) is 51.9 Å². The Bertz CT molecular complexity index is 966. The van der Waals surface area contributed by atoms with Gasteiger partial charge in [-0.25, -0.2) is 9.78 Å². The molecule has 0 fully saturated rings. The number of nitrogens with zero attached hydrogens (tertiary/aromatic N) is 2. The molecule has 0 amide bonds. The molecule has 2 aromatic heterocycles. The molecule has 2 aromatic rings. The molecule has 9 heteroatoms. The number of aryl methyl sites for hydroxylation is 1. The minimum atomic E-state index is -0.677. The second-order valence-corrected chi connectivity index (χ2v) is 8.70. The zero-order valence-corrected chi connectivity index (χ0v) is 19.2. The lowest BCUT2D eigenvalue weighted by Gasteiger charge is -2.26. The predicted octanol–water partition coefficient (Wildman–Crippen LogP) is 2.66. The number of ether oxygens (including phenoxy) is 2. The number of hydrogen-bond donors (Lipinski definition) is 2. The van der Waals surface area contributed by atoms with Gasteiger partial charge in [0.1, 0.15) is 22.1 Å². The fourth-order valence-electron chi connectivity index (χ4n) is 3.23. The normalized spacial score (nSPS) is 12.5. The van der Waals surface area contributed by atoms with E-state index in [2.05, 4.69) is 37.0 Å². The monoisotopic (exact) mass is 449 g/mol. The number of hydrogen-bond acceptors (Lipinski definition) is 8. The van der Waals surface area contributed by atoms with Gasteiger partial charge in [-0.05, 0) is 18.4 Å². The molecule has 8 nitrogen and oxygen atoms in total. The number of carbonyl (C=O) groups excluding carboxylic acids is 1. The maximum atomic E-state index is 12.7. The summed E-state index contributed by atoms with van der Waals surface area (Å²) in [6, 6.07) is 0. The first-order valence-electron chi connectivity index (χ1n) is 10.2. The van der Waals surface area contributed by atoms with E-state index in [0.717, 1.165) is 11.3 Å². The molecule has 0 saturated carbocycles. The summed E-state index contributed by atoms with van der Waals surface area (Å²) < 4.78 is 10.4. The van der Waals surface area contributed by atoms with Gasteiger partial charge in [0.25, 0.3) is 5.56 Å². The van der Waals surface area contributed by atoms with Gasteiger partial charge in [-0.1, -0.05) is 32.6 Å². The maximum Gasteiger partial charge on any atom is 0.348 e. The summed E-state index contributed by atoms with van der Waals surface area (Å²) in [5, 5.41) is 10.7. The Morgan fingerprint density at radius 3 is 2.65 bits per heavy atom. The summed E-state index contributed by atoms with van der Waals surface area (Å²) in [5.74, 6) is 0.335. The number of aromatic amines is 1. The van der Waals surface area contributed by atoms with Crippen molar-refractivity contribution in [2.24, 2.45) is 5.92 Å². The Balaban J connectivity index is 2.24. The summed E-state index contributed by atoms with van der Waals surface area (Å²) in [6.07, 6.45) is 2.45. The number of esters is 1. The highest BCUT2D eigenvalue weighted by atomic mass is 32.1. The third-order valence-corrected chi connectivity index (χ3v) is 5.54. The topological polar surface area (TPSA) is 105 Å². The summed E-state index contributed by atoms with van der Waals surface area (Å²) in [6.45, 7) is 15.1. The highest BCUT2D eigenvalue weighted by molar-refractivity contribution is 7.20. The molecule has 1 atom stereocenters. The van der Waals surface area contributed by atoms with Crippen LogP contribution in [0.2, 0.25) is 0 Å². The Morgan fingerprint density at radius 1 is 1.29 bits per heavy atom. The maximum absolute atomic E-state index is 12.7. The van der Waals surface area contributed by atoms with Crippen LogP contribution in [0.25, 0.3) is 10.2 Å². The van der Waals surface area contributed by atoms with Gasteiger partial charge in [-0.3, -0.25) is 9.69 Å². The minimum Gasteiger partial charge on any atom is -0.457 e. The summed E-state index contributed by atoms with van der Waals surface area (Å²) in [5.41, 5.74) is 0.263. The van der Waals surface area contributed by atoms with Gasteiger partial charge in [0.15, 0.2) is 0 Å². The average Bonchev–Trinajstić information content (AvgIpc) is 3.02. The van der Waals surface area contributed by atoms with Gasteiger partial charge in [0, 0.05) is 13.1 Å². The first-order valence-corrected chi connectivity index (χ1v) is 11.0. The number of thiophene rings is 1. The molecule has 0 aliphatic heterocycles. The highest BCUT2D eigenvalue weighted by Gasteiger charge is 2.21. The van der Waals surface area contributed by atoms with Gasteiger partial charge >= 0.3 is 5.97 Å². The molecule has 0 aliphatic rings. The Hall–Kier alpha value is -2.33. The molecule has 170 valence electrons. The second-order valence-electron chi connectivity index (χ2n) is 7.70. The van der Waals surface area contributed by atoms with Crippen LogP contribution in [0, 0.1) is 12.8 Å². The van der Waals surface area contributed by atoms with Gasteiger partial charge < -0.3 is 19.6 Å². The van der Waals surface area contributed by atoms with E-state index in [1.54, 1.807) is 13.0 Å². The number of fused-ring (bicyclic) bond motifs is 1. The van der Waals surface area contributed by atoms with Crippen molar-refractivity contribution in [3.63, 3.8) is 0 Å². The molecule has 2 rings (SSSR count). The fraction of sp³-hybridized carbons (Fsp3) is 0.500. The molecule has 2 N–H and O–H groups in total. The van der Waals surface area contributed by atoms with Crippen LogP contribution in [0.15, 0.2) is 30.1 Å². The molecule has 0 radical (unpaired) electrons. The quantitative estimate of drug-likeness (QED) is 0.275. The fourth-order valence-corrected chi connectivity index (χ4v) is 4.32. The SMILES string of the molecule is C=CCOCC(O)CN(Cc1nc2sc(C(=O)OCC=C)c(C)c2c(=O)[nH]1)CC(C)C. The lowest BCUT2D eigenvalue weighted by molar-refractivity contribution is 0.0218. The zero-order chi connectivity index (χ0) is 23.0. The zero-order valence-electron chi connectivity index (χ0n) is 18.3. The summed E-state index contributed by atoms with van der Waals surface area (Å²) >= 11 is 1.14. The number of aromatic nitrogens is 2. The molecule has 0 aliphatic carbocycles. The largest absolute Gasteiger partial charge is 0.457 e. The van der Waals surface area contributed by atoms with E-state index < -0.39 is 12.1 Å². The van der Waals surface area contributed by atoms with Crippen molar-refractivity contribution in [3.8, 4) is 0 Å². The molecule has 0 bridgehead atoms. The third kappa shape index (κ3) is 7.10. The highest BCUT2D eigenvalue weighted by Crippen LogP contribution is 2.27. The van der Waals surface area contributed by atoms with Crippen LogP contribution in [0.3, 0.4) is 0 Å².